The summed E-state index contributed by atoms with van der Waals surface area (Å²) in [6, 6.07) is 8.41. The summed E-state index contributed by atoms with van der Waals surface area (Å²) in [5, 5.41) is 2.44. The fourth-order valence-corrected chi connectivity index (χ4v) is 2.33. The van der Waals surface area contributed by atoms with Gasteiger partial charge in [0.2, 0.25) is 0 Å². The molecule has 0 unspecified atom stereocenters. The maximum atomic E-state index is 5.93. The minimum Gasteiger partial charge on any atom is -0.493 e. The Bertz CT molecular complexity index is 349. The Morgan fingerprint density at radius 3 is 2.50 bits per heavy atom. The van der Waals surface area contributed by atoms with Crippen molar-refractivity contribution in [1.29, 1.82) is 0 Å². The predicted molar refractivity (Wildman–Crippen MR) is 86.4 cm³/mol. The number of nitrogens with two attached hydrogens (primary N) is 1. The molecule has 20 heavy (non-hydrogen) atoms. The van der Waals surface area contributed by atoms with Gasteiger partial charge in [0.15, 0.2) is 0 Å². The van der Waals surface area contributed by atoms with E-state index < -0.39 is 0 Å². The molecule has 0 radical (unpaired) electrons. The summed E-state index contributed by atoms with van der Waals surface area (Å²) >= 11 is 0. The first-order valence-electron chi connectivity index (χ1n) is 8.29. The van der Waals surface area contributed by atoms with Crippen molar-refractivity contribution < 1.29 is 10.1 Å². The van der Waals surface area contributed by atoms with Crippen LogP contribution in [0.15, 0.2) is 24.3 Å². The first-order chi connectivity index (χ1) is 9.75. The third-order valence-corrected chi connectivity index (χ3v) is 3.61. The second-order valence-corrected chi connectivity index (χ2v) is 5.82. The van der Waals surface area contributed by atoms with Crippen molar-refractivity contribution in [2.75, 3.05) is 19.7 Å². The van der Waals surface area contributed by atoms with Gasteiger partial charge in [-0.25, -0.2) is 0 Å². The number of rotatable bonds is 11. The Morgan fingerprint density at radius 2 is 1.75 bits per heavy atom. The highest BCUT2D eigenvalue weighted by molar-refractivity contribution is 5.35. The second-order valence-electron chi connectivity index (χ2n) is 5.82. The zero-order valence-corrected chi connectivity index (χ0v) is 13.5. The van der Waals surface area contributed by atoms with E-state index in [9.17, 15) is 0 Å². The lowest BCUT2D eigenvalue weighted by Crippen LogP contribution is -2.84. The maximum Gasteiger partial charge on any atom is 0.122 e. The van der Waals surface area contributed by atoms with Crippen LogP contribution < -0.4 is 10.1 Å². The summed E-state index contributed by atoms with van der Waals surface area (Å²) in [6.07, 6.45) is 6.38. The fourth-order valence-electron chi connectivity index (χ4n) is 2.33. The summed E-state index contributed by atoms with van der Waals surface area (Å²) < 4.78 is 5.93. The maximum absolute atomic E-state index is 5.93. The fraction of sp³-hybridized carbons (Fsp3) is 0.667. The molecule has 0 aromatic heterocycles. The summed E-state index contributed by atoms with van der Waals surface area (Å²) in [6.45, 7) is 10.1. The normalized spacial score (nSPS) is 11.0. The van der Waals surface area contributed by atoms with E-state index >= 15 is 0 Å². The quantitative estimate of drug-likeness (QED) is 0.613. The Balaban J connectivity index is 2.10. The zero-order valence-electron chi connectivity index (χ0n) is 13.5. The number of hydrogen-bond donors (Lipinski definition) is 1. The lowest BCUT2D eigenvalue weighted by Gasteiger charge is -2.13. The van der Waals surface area contributed by atoms with Crippen LogP contribution in [0.3, 0.4) is 0 Å². The van der Waals surface area contributed by atoms with Crippen LogP contribution in [0.2, 0.25) is 0 Å². The summed E-state index contributed by atoms with van der Waals surface area (Å²) in [4.78, 5) is 0. The van der Waals surface area contributed by atoms with Crippen LogP contribution in [-0.2, 0) is 0 Å². The van der Waals surface area contributed by atoms with Crippen molar-refractivity contribution in [3.63, 3.8) is 0 Å². The van der Waals surface area contributed by atoms with Crippen molar-refractivity contribution in [3.05, 3.63) is 29.8 Å². The van der Waals surface area contributed by atoms with Crippen LogP contribution in [0.5, 0.6) is 5.75 Å². The smallest absolute Gasteiger partial charge is 0.122 e. The number of benzene rings is 1. The molecule has 0 fully saturated rings. The highest BCUT2D eigenvalue weighted by Gasteiger charge is 2.06. The van der Waals surface area contributed by atoms with Crippen LogP contribution >= 0.6 is 0 Å². The van der Waals surface area contributed by atoms with Gasteiger partial charge in [-0.15, -0.1) is 0 Å². The van der Waals surface area contributed by atoms with Crippen LogP contribution in [0.4, 0.5) is 0 Å². The van der Waals surface area contributed by atoms with Gasteiger partial charge < -0.3 is 10.1 Å². The highest BCUT2D eigenvalue weighted by Crippen LogP contribution is 2.25. The average molecular weight is 278 g/mol. The Kier molecular flexibility index (Phi) is 9.14. The molecule has 0 spiro atoms. The predicted octanol–water partition coefficient (Wildman–Crippen LogP) is 3.72. The van der Waals surface area contributed by atoms with Crippen molar-refractivity contribution in [2.24, 2.45) is 0 Å². The van der Waals surface area contributed by atoms with Gasteiger partial charge >= 0.3 is 0 Å². The van der Waals surface area contributed by atoms with Gasteiger partial charge in [-0.05, 0) is 43.2 Å². The summed E-state index contributed by atoms with van der Waals surface area (Å²) in [5.74, 6) is 1.59. The van der Waals surface area contributed by atoms with Crippen molar-refractivity contribution in [1.82, 2.24) is 0 Å². The average Bonchev–Trinajstić information content (AvgIpc) is 2.46. The molecule has 2 nitrogen and oxygen atoms in total. The molecule has 114 valence electrons. The number of ether oxygens (including phenoxy) is 1. The van der Waals surface area contributed by atoms with Gasteiger partial charge in [0.25, 0.3) is 0 Å². The van der Waals surface area contributed by atoms with Crippen molar-refractivity contribution in [2.45, 2.75) is 58.8 Å². The van der Waals surface area contributed by atoms with Gasteiger partial charge in [0.05, 0.1) is 19.7 Å². The van der Waals surface area contributed by atoms with Gasteiger partial charge in [0.1, 0.15) is 5.75 Å². The first-order valence-corrected chi connectivity index (χ1v) is 8.29. The molecule has 1 aromatic rings. The van der Waals surface area contributed by atoms with E-state index in [-0.39, 0.29) is 0 Å². The minimum atomic E-state index is 0.527. The van der Waals surface area contributed by atoms with E-state index in [0.717, 1.165) is 18.8 Å². The highest BCUT2D eigenvalue weighted by atomic mass is 16.5. The van der Waals surface area contributed by atoms with Gasteiger partial charge in [0, 0.05) is 0 Å². The molecule has 0 bridgehead atoms. The largest absolute Gasteiger partial charge is 0.493 e. The van der Waals surface area contributed by atoms with E-state index in [1.54, 1.807) is 0 Å². The topological polar surface area (TPSA) is 25.8 Å². The molecular formula is C18H32NO+. The molecule has 0 saturated carbocycles. The molecule has 2 N–H and O–H groups in total. The molecule has 0 heterocycles. The third-order valence-electron chi connectivity index (χ3n) is 3.61. The van der Waals surface area contributed by atoms with Crippen LogP contribution in [0.1, 0.15) is 64.4 Å². The van der Waals surface area contributed by atoms with Gasteiger partial charge in [-0.2, -0.15) is 0 Å². The number of quaternary nitrogens is 1. The summed E-state index contributed by atoms with van der Waals surface area (Å²) in [7, 11) is 0. The second kappa shape index (κ2) is 10.7. The zero-order chi connectivity index (χ0) is 14.6. The van der Waals surface area contributed by atoms with E-state index in [2.05, 4.69) is 50.4 Å². The Labute approximate surface area is 124 Å². The molecule has 0 aliphatic rings. The molecule has 2 heteroatoms. The monoisotopic (exact) mass is 278 g/mol. The molecule has 0 amide bonds. The molecule has 0 atom stereocenters. The summed E-state index contributed by atoms with van der Waals surface area (Å²) in [5.41, 5.74) is 1.32. The molecular weight excluding hydrogens is 246 g/mol. The number of para-hydroxylation sites is 1. The van der Waals surface area contributed by atoms with E-state index in [0.29, 0.717) is 5.92 Å². The SMILES string of the molecule is CCCC[NH2+]CCCCCOc1ccccc1C(C)C. The minimum absolute atomic E-state index is 0.527. The molecule has 1 aromatic carbocycles. The van der Waals surface area contributed by atoms with E-state index in [4.69, 9.17) is 4.74 Å². The first kappa shape index (κ1) is 17.0. The molecule has 0 saturated heterocycles. The van der Waals surface area contributed by atoms with Crippen LogP contribution in [0, 0.1) is 0 Å². The lowest BCUT2D eigenvalue weighted by atomic mass is 10.0. The van der Waals surface area contributed by atoms with Crippen LogP contribution in [-0.4, -0.2) is 19.7 Å². The van der Waals surface area contributed by atoms with E-state index in [1.807, 2.05) is 0 Å². The van der Waals surface area contributed by atoms with Gasteiger partial charge in [-0.1, -0.05) is 45.4 Å². The third kappa shape index (κ3) is 6.95. The molecule has 1 rings (SSSR count). The van der Waals surface area contributed by atoms with Crippen LogP contribution in [0.25, 0.3) is 0 Å². The van der Waals surface area contributed by atoms with Crippen molar-refractivity contribution in [3.8, 4) is 5.75 Å². The molecule has 0 aliphatic carbocycles. The Hall–Kier alpha value is -1.02. The number of hydrogen-bond acceptors (Lipinski definition) is 1. The van der Waals surface area contributed by atoms with E-state index in [1.165, 1.54) is 44.3 Å². The standard InChI is InChI=1S/C18H31NO/c1-4-5-13-19-14-9-6-10-15-20-18-12-8-7-11-17(18)16(2)3/h7-8,11-12,16,19H,4-6,9-10,13-15H2,1-3H3/p+1. The van der Waals surface area contributed by atoms with Gasteiger partial charge in [-0.3, -0.25) is 0 Å². The Morgan fingerprint density at radius 1 is 1.00 bits per heavy atom. The molecule has 0 aliphatic heterocycles. The lowest BCUT2D eigenvalue weighted by molar-refractivity contribution is -0.655. The number of unbranched alkanes of at least 4 members (excludes halogenated alkanes) is 3. The van der Waals surface area contributed by atoms with Crippen molar-refractivity contribution >= 4 is 0 Å².